The average molecular weight is 153 g/mol. The van der Waals surface area contributed by atoms with Gasteiger partial charge < -0.3 is 10.1 Å². The Morgan fingerprint density at radius 1 is 1.64 bits per heavy atom. The second kappa shape index (κ2) is 3.01. The van der Waals surface area contributed by atoms with Crippen LogP contribution in [0.15, 0.2) is 23.1 Å². The van der Waals surface area contributed by atoms with Crippen molar-refractivity contribution in [1.82, 2.24) is 4.98 Å². The van der Waals surface area contributed by atoms with Crippen molar-refractivity contribution in [3.8, 4) is 0 Å². The zero-order valence-corrected chi connectivity index (χ0v) is 5.70. The van der Waals surface area contributed by atoms with Crippen LogP contribution in [0.1, 0.15) is 5.56 Å². The van der Waals surface area contributed by atoms with E-state index in [4.69, 9.17) is 5.11 Å². The van der Waals surface area contributed by atoms with Gasteiger partial charge in [0.2, 0.25) is 5.56 Å². The molecule has 0 radical (unpaired) electrons. The zero-order valence-electron chi connectivity index (χ0n) is 5.70. The van der Waals surface area contributed by atoms with Gasteiger partial charge in [0.15, 0.2) is 0 Å². The summed E-state index contributed by atoms with van der Waals surface area (Å²) in [4.78, 5) is 23.2. The lowest BCUT2D eigenvalue weighted by Gasteiger charge is -1.92. The van der Waals surface area contributed by atoms with E-state index in [9.17, 15) is 9.59 Å². The second-order valence-corrected chi connectivity index (χ2v) is 2.13. The number of aliphatic carboxylic acids is 1. The molecule has 1 rings (SSSR count). The molecule has 1 aromatic heterocycles. The summed E-state index contributed by atoms with van der Waals surface area (Å²) in [5.74, 6) is -0.935. The number of hydrogen-bond acceptors (Lipinski definition) is 2. The molecule has 0 amide bonds. The molecule has 1 aromatic rings. The molecule has 0 bridgehead atoms. The van der Waals surface area contributed by atoms with E-state index in [2.05, 4.69) is 4.98 Å². The van der Waals surface area contributed by atoms with Crippen molar-refractivity contribution in [1.29, 1.82) is 0 Å². The van der Waals surface area contributed by atoms with Gasteiger partial charge in [0.05, 0.1) is 6.42 Å². The highest BCUT2D eigenvalue weighted by Crippen LogP contribution is 1.93. The normalized spacial score (nSPS) is 9.45. The molecule has 4 heteroatoms. The van der Waals surface area contributed by atoms with Crippen LogP contribution in [0.2, 0.25) is 0 Å². The number of aromatic nitrogens is 1. The Balaban J connectivity index is 2.88. The molecule has 0 fully saturated rings. The van der Waals surface area contributed by atoms with Crippen LogP contribution in [0, 0.1) is 0 Å². The van der Waals surface area contributed by atoms with Crippen LogP contribution in [-0.2, 0) is 11.2 Å². The average Bonchev–Trinajstić information content (AvgIpc) is 1.85. The number of aromatic amines is 1. The predicted molar refractivity (Wildman–Crippen MR) is 38.4 cm³/mol. The third kappa shape index (κ3) is 2.25. The third-order valence-corrected chi connectivity index (χ3v) is 1.19. The predicted octanol–water partition coefficient (Wildman–Crippen LogP) is 0.00200. The van der Waals surface area contributed by atoms with E-state index in [0.717, 1.165) is 0 Å². The van der Waals surface area contributed by atoms with E-state index in [1.165, 1.54) is 12.3 Å². The summed E-state index contributed by atoms with van der Waals surface area (Å²) in [6, 6.07) is 2.84. The van der Waals surface area contributed by atoms with Gasteiger partial charge >= 0.3 is 5.97 Å². The lowest BCUT2D eigenvalue weighted by atomic mass is 10.2. The molecule has 0 aromatic carbocycles. The van der Waals surface area contributed by atoms with Crippen molar-refractivity contribution >= 4 is 5.97 Å². The van der Waals surface area contributed by atoms with Crippen LogP contribution in [0.3, 0.4) is 0 Å². The molecule has 2 N–H and O–H groups in total. The minimum atomic E-state index is -0.935. The smallest absolute Gasteiger partial charge is 0.307 e. The minimum absolute atomic E-state index is 0.107. The summed E-state index contributed by atoms with van der Waals surface area (Å²) in [6.45, 7) is 0. The summed E-state index contributed by atoms with van der Waals surface area (Å²) in [5.41, 5.74) is 0.241. The van der Waals surface area contributed by atoms with Gasteiger partial charge in [-0.15, -0.1) is 0 Å². The first-order valence-corrected chi connectivity index (χ1v) is 3.08. The van der Waals surface area contributed by atoms with Crippen molar-refractivity contribution in [3.05, 3.63) is 34.2 Å². The molecule has 0 saturated heterocycles. The van der Waals surface area contributed by atoms with Crippen molar-refractivity contribution in [3.63, 3.8) is 0 Å². The van der Waals surface area contributed by atoms with Gasteiger partial charge in [0.25, 0.3) is 0 Å². The highest BCUT2D eigenvalue weighted by atomic mass is 16.4. The minimum Gasteiger partial charge on any atom is -0.481 e. The quantitative estimate of drug-likeness (QED) is 0.628. The number of carbonyl (C=O) groups is 1. The fraction of sp³-hybridized carbons (Fsp3) is 0.143. The highest BCUT2D eigenvalue weighted by molar-refractivity contribution is 5.69. The zero-order chi connectivity index (χ0) is 8.27. The molecule has 0 unspecified atom stereocenters. The van der Waals surface area contributed by atoms with Crippen molar-refractivity contribution in [2.75, 3.05) is 0 Å². The molecular weight excluding hydrogens is 146 g/mol. The fourth-order valence-corrected chi connectivity index (χ4v) is 0.774. The van der Waals surface area contributed by atoms with Gasteiger partial charge in [0, 0.05) is 12.3 Å². The Hall–Kier alpha value is -1.58. The molecule has 0 spiro atoms. The van der Waals surface area contributed by atoms with Crippen LogP contribution in [0.5, 0.6) is 0 Å². The number of carboxylic acids is 1. The van der Waals surface area contributed by atoms with Crippen molar-refractivity contribution < 1.29 is 9.90 Å². The Kier molecular flexibility index (Phi) is 2.06. The van der Waals surface area contributed by atoms with E-state index in [0.29, 0.717) is 5.56 Å². The number of nitrogens with one attached hydrogen (secondary N) is 1. The van der Waals surface area contributed by atoms with Gasteiger partial charge in [-0.1, -0.05) is 0 Å². The Labute approximate surface area is 62.5 Å². The van der Waals surface area contributed by atoms with Gasteiger partial charge in [0.1, 0.15) is 0 Å². The molecule has 0 aliphatic rings. The van der Waals surface area contributed by atoms with Gasteiger partial charge in [-0.2, -0.15) is 0 Å². The van der Waals surface area contributed by atoms with Crippen LogP contribution < -0.4 is 5.56 Å². The summed E-state index contributed by atoms with van der Waals surface area (Å²) >= 11 is 0. The Morgan fingerprint density at radius 2 is 2.36 bits per heavy atom. The lowest BCUT2D eigenvalue weighted by Crippen LogP contribution is -2.07. The van der Waals surface area contributed by atoms with Crippen molar-refractivity contribution in [2.45, 2.75) is 6.42 Å². The van der Waals surface area contributed by atoms with Crippen LogP contribution in [0.25, 0.3) is 0 Å². The van der Waals surface area contributed by atoms with Gasteiger partial charge in [-0.25, -0.2) is 0 Å². The van der Waals surface area contributed by atoms with Crippen LogP contribution in [-0.4, -0.2) is 16.1 Å². The molecule has 0 aliphatic carbocycles. The van der Waals surface area contributed by atoms with Crippen LogP contribution in [0.4, 0.5) is 0 Å². The molecule has 0 aliphatic heterocycles. The number of H-pyrrole nitrogens is 1. The summed E-state index contributed by atoms with van der Waals surface area (Å²) in [5, 5.41) is 8.35. The fourth-order valence-electron chi connectivity index (χ4n) is 0.774. The summed E-state index contributed by atoms with van der Waals surface area (Å²) in [6.07, 6.45) is 1.32. The summed E-state index contributed by atoms with van der Waals surface area (Å²) < 4.78 is 0. The molecule has 0 saturated carbocycles. The van der Waals surface area contributed by atoms with E-state index >= 15 is 0 Å². The molecule has 58 valence electrons. The second-order valence-electron chi connectivity index (χ2n) is 2.13. The summed E-state index contributed by atoms with van der Waals surface area (Å²) in [7, 11) is 0. The van der Waals surface area contributed by atoms with Crippen molar-refractivity contribution in [2.24, 2.45) is 0 Å². The van der Waals surface area contributed by atoms with Gasteiger partial charge in [-0.05, 0) is 11.6 Å². The SMILES string of the molecule is O=C(O)Cc1cc[nH]c(=O)c1. The maximum absolute atomic E-state index is 10.6. The standard InChI is InChI=1S/C7H7NO3/c9-6-3-5(1-2-8-6)4-7(10)11/h1-3H,4H2,(H,8,9)(H,10,11). The topological polar surface area (TPSA) is 70.2 Å². The monoisotopic (exact) mass is 153 g/mol. The Bertz CT molecular complexity index is 315. The van der Waals surface area contributed by atoms with E-state index in [-0.39, 0.29) is 12.0 Å². The first-order chi connectivity index (χ1) is 5.18. The highest BCUT2D eigenvalue weighted by Gasteiger charge is 1.98. The van der Waals surface area contributed by atoms with Gasteiger partial charge in [-0.3, -0.25) is 9.59 Å². The first kappa shape index (κ1) is 7.53. The third-order valence-electron chi connectivity index (χ3n) is 1.19. The van der Waals surface area contributed by atoms with Crippen LogP contribution >= 0.6 is 0 Å². The Morgan fingerprint density at radius 3 is 2.91 bits per heavy atom. The number of rotatable bonds is 2. The van der Waals surface area contributed by atoms with E-state index < -0.39 is 5.97 Å². The number of hydrogen-bond donors (Lipinski definition) is 2. The molecule has 11 heavy (non-hydrogen) atoms. The maximum Gasteiger partial charge on any atom is 0.307 e. The molecular formula is C7H7NO3. The molecule has 4 nitrogen and oxygen atoms in total. The first-order valence-electron chi connectivity index (χ1n) is 3.08. The van der Waals surface area contributed by atoms with E-state index in [1.54, 1.807) is 6.07 Å². The number of carboxylic acid groups (broad SMARTS) is 1. The molecule has 1 heterocycles. The lowest BCUT2D eigenvalue weighted by molar-refractivity contribution is -0.136. The maximum atomic E-state index is 10.6. The van der Waals surface area contributed by atoms with E-state index in [1.807, 2.05) is 0 Å². The largest absolute Gasteiger partial charge is 0.481 e. The molecule has 0 atom stereocenters. The number of pyridine rings is 1.